The minimum absolute atomic E-state index is 0.795. The maximum Gasteiger partial charge on any atom is 0.122 e. The van der Waals surface area contributed by atoms with Gasteiger partial charge in [-0.25, -0.2) is 0 Å². The molecule has 7 heavy (non-hydrogen) atoms. The first-order chi connectivity index (χ1) is 3.43. The van der Waals surface area contributed by atoms with E-state index in [0.717, 1.165) is 19.4 Å². The molecule has 0 amide bonds. The lowest BCUT2D eigenvalue weighted by Gasteiger charge is -1.81. The van der Waals surface area contributed by atoms with Crippen LogP contribution >= 0.6 is 0 Å². The average Bonchev–Trinajstić information content (AvgIpc) is 2.14. The molecule has 1 heterocycles. The van der Waals surface area contributed by atoms with Crippen LogP contribution in [0.25, 0.3) is 0 Å². The standard InChI is InChI=1S/C5H9NO/c1-2-5-3-4-7-6-5/h2-4H2,1H3. The second-order valence-corrected chi connectivity index (χ2v) is 1.59. The number of oxime groups is 1. The van der Waals surface area contributed by atoms with Crippen LogP contribution in [0.3, 0.4) is 0 Å². The van der Waals surface area contributed by atoms with Crippen molar-refractivity contribution in [2.24, 2.45) is 5.16 Å². The number of hydrogen-bond donors (Lipinski definition) is 0. The van der Waals surface area contributed by atoms with E-state index in [4.69, 9.17) is 4.84 Å². The van der Waals surface area contributed by atoms with E-state index in [1.165, 1.54) is 5.71 Å². The minimum Gasteiger partial charge on any atom is -0.395 e. The van der Waals surface area contributed by atoms with E-state index in [1.54, 1.807) is 0 Å². The molecule has 0 bridgehead atoms. The molecule has 2 heteroatoms. The van der Waals surface area contributed by atoms with Crippen LogP contribution in [-0.2, 0) is 4.84 Å². The van der Waals surface area contributed by atoms with Gasteiger partial charge >= 0.3 is 0 Å². The zero-order valence-corrected chi connectivity index (χ0v) is 4.48. The molecule has 2 nitrogen and oxygen atoms in total. The molecule has 0 fully saturated rings. The highest BCUT2D eigenvalue weighted by Crippen LogP contribution is 2.01. The van der Waals surface area contributed by atoms with E-state index < -0.39 is 0 Å². The first-order valence-corrected chi connectivity index (χ1v) is 2.61. The van der Waals surface area contributed by atoms with E-state index in [-0.39, 0.29) is 0 Å². The summed E-state index contributed by atoms with van der Waals surface area (Å²) in [5.74, 6) is 0. The normalized spacial score (nSPS) is 18.7. The van der Waals surface area contributed by atoms with Gasteiger partial charge in [0.15, 0.2) is 0 Å². The molecule has 1 rings (SSSR count). The van der Waals surface area contributed by atoms with Gasteiger partial charge in [-0.2, -0.15) is 0 Å². The fourth-order valence-corrected chi connectivity index (χ4v) is 0.587. The van der Waals surface area contributed by atoms with Crippen LogP contribution in [-0.4, -0.2) is 12.3 Å². The van der Waals surface area contributed by atoms with Crippen molar-refractivity contribution >= 4 is 5.71 Å². The average molecular weight is 99.1 g/mol. The Kier molecular flexibility index (Phi) is 1.29. The van der Waals surface area contributed by atoms with Crippen molar-refractivity contribution in [2.45, 2.75) is 19.8 Å². The summed E-state index contributed by atoms with van der Waals surface area (Å²) in [5.41, 5.74) is 1.19. The van der Waals surface area contributed by atoms with Crippen LogP contribution < -0.4 is 0 Å². The Hall–Kier alpha value is -0.530. The van der Waals surface area contributed by atoms with Gasteiger partial charge in [0.1, 0.15) is 6.61 Å². The first-order valence-electron chi connectivity index (χ1n) is 2.61. The lowest BCUT2D eigenvalue weighted by atomic mass is 10.2. The number of nitrogens with zero attached hydrogens (tertiary/aromatic N) is 1. The van der Waals surface area contributed by atoms with Crippen molar-refractivity contribution in [3.63, 3.8) is 0 Å². The van der Waals surface area contributed by atoms with Gasteiger partial charge in [0.05, 0.1) is 5.71 Å². The lowest BCUT2D eigenvalue weighted by molar-refractivity contribution is 0.173. The third-order valence-corrected chi connectivity index (χ3v) is 1.08. The maximum atomic E-state index is 4.74. The van der Waals surface area contributed by atoms with E-state index in [9.17, 15) is 0 Å². The molecule has 0 saturated heterocycles. The van der Waals surface area contributed by atoms with Crippen LogP contribution in [0.15, 0.2) is 5.16 Å². The molecule has 0 atom stereocenters. The highest BCUT2D eigenvalue weighted by Gasteiger charge is 2.02. The van der Waals surface area contributed by atoms with Crippen molar-refractivity contribution in [2.75, 3.05) is 6.61 Å². The number of hydrogen-bond acceptors (Lipinski definition) is 2. The molecule has 1 aliphatic heterocycles. The summed E-state index contributed by atoms with van der Waals surface area (Å²) in [6.45, 7) is 2.89. The van der Waals surface area contributed by atoms with Gasteiger partial charge in [-0.3, -0.25) is 0 Å². The van der Waals surface area contributed by atoms with Crippen molar-refractivity contribution in [1.29, 1.82) is 0 Å². The van der Waals surface area contributed by atoms with Crippen LogP contribution in [0.5, 0.6) is 0 Å². The second kappa shape index (κ2) is 1.96. The highest BCUT2D eigenvalue weighted by molar-refractivity contribution is 5.84. The topological polar surface area (TPSA) is 21.6 Å². The van der Waals surface area contributed by atoms with Gasteiger partial charge in [-0.1, -0.05) is 12.1 Å². The molecule has 0 saturated carbocycles. The smallest absolute Gasteiger partial charge is 0.122 e. The van der Waals surface area contributed by atoms with E-state index >= 15 is 0 Å². The summed E-state index contributed by atoms with van der Waals surface area (Å²) in [6.07, 6.45) is 2.08. The summed E-state index contributed by atoms with van der Waals surface area (Å²) in [5, 5.41) is 3.77. The zero-order valence-electron chi connectivity index (χ0n) is 4.48. The summed E-state index contributed by atoms with van der Waals surface area (Å²) < 4.78 is 0. The zero-order chi connectivity index (χ0) is 5.11. The molecule has 0 aromatic carbocycles. The third-order valence-electron chi connectivity index (χ3n) is 1.08. The second-order valence-electron chi connectivity index (χ2n) is 1.59. The summed E-state index contributed by atoms with van der Waals surface area (Å²) in [4.78, 5) is 4.74. The molecule has 0 aromatic heterocycles. The van der Waals surface area contributed by atoms with Crippen LogP contribution in [0.4, 0.5) is 0 Å². The van der Waals surface area contributed by atoms with Crippen molar-refractivity contribution in [1.82, 2.24) is 0 Å². The van der Waals surface area contributed by atoms with Gasteiger partial charge in [0, 0.05) is 6.42 Å². The Morgan fingerprint density at radius 1 is 1.86 bits per heavy atom. The molecular formula is C5H9NO. The molecule has 40 valence electrons. The van der Waals surface area contributed by atoms with Crippen molar-refractivity contribution in [3.8, 4) is 0 Å². The lowest BCUT2D eigenvalue weighted by Crippen LogP contribution is -1.88. The molecule has 0 radical (unpaired) electrons. The van der Waals surface area contributed by atoms with E-state index in [2.05, 4.69) is 12.1 Å². The molecule has 0 N–H and O–H groups in total. The Balaban J connectivity index is 2.36. The number of rotatable bonds is 1. The monoisotopic (exact) mass is 99.1 g/mol. The highest BCUT2D eigenvalue weighted by atomic mass is 16.6. The van der Waals surface area contributed by atoms with Gasteiger partial charge in [0.2, 0.25) is 0 Å². The Labute approximate surface area is 43.2 Å². The molecule has 0 aliphatic carbocycles. The minimum atomic E-state index is 0.795. The van der Waals surface area contributed by atoms with E-state index in [1.807, 2.05) is 0 Å². The SMILES string of the molecule is CCC1=NOCC1. The summed E-state index contributed by atoms with van der Waals surface area (Å²) >= 11 is 0. The van der Waals surface area contributed by atoms with Gasteiger partial charge < -0.3 is 4.84 Å². The molecule has 0 spiro atoms. The van der Waals surface area contributed by atoms with Gasteiger partial charge in [0.25, 0.3) is 0 Å². The Bertz CT molecular complexity index is 88.1. The third kappa shape index (κ3) is 0.918. The van der Waals surface area contributed by atoms with Crippen LogP contribution in [0.2, 0.25) is 0 Å². The van der Waals surface area contributed by atoms with Crippen LogP contribution in [0, 0.1) is 0 Å². The summed E-state index contributed by atoms with van der Waals surface area (Å²) in [7, 11) is 0. The maximum absolute atomic E-state index is 4.74. The Morgan fingerprint density at radius 2 is 2.71 bits per heavy atom. The molecular weight excluding hydrogens is 90.1 g/mol. The summed E-state index contributed by atoms with van der Waals surface area (Å²) in [6, 6.07) is 0. The molecule has 0 unspecified atom stereocenters. The van der Waals surface area contributed by atoms with E-state index in [0.29, 0.717) is 0 Å². The van der Waals surface area contributed by atoms with Gasteiger partial charge in [-0.05, 0) is 6.42 Å². The fraction of sp³-hybridized carbons (Fsp3) is 0.800. The molecule has 1 aliphatic rings. The van der Waals surface area contributed by atoms with Crippen molar-refractivity contribution < 1.29 is 4.84 Å². The predicted molar refractivity (Wildman–Crippen MR) is 28.3 cm³/mol. The largest absolute Gasteiger partial charge is 0.395 e. The first kappa shape index (κ1) is 4.62. The van der Waals surface area contributed by atoms with Crippen LogP contribution in [0.1, 0.15) is 19.8 Å². The molecule has 0 aromatic rings. The van der Waals surface area contributed by atoms with Crippen molar-refractivity contribution in [3.05, 3.63) is 0 Å². The Morgan fingerprint density at radius 3 is 3.00 bits per heavy atom. The quantitative estimate of drug-likeness (QED) is 0.483. The fourth-order valence-electron chi connectivity index (χ4n) is 0.587. The predicted octanol–water partition coefficient (Wildman–Crippen LogP) is 1.17. The van der Waals surface area contributed by atoms with Gasteiger partial charge in [-0.15, -0.1) is 0 Å².